The highest BCUT2D eigenvalue weighted by Gasteiger charge is 2.16. The maximum atomic E-state index is 4.91. The Kier molecular flexibility index (Phi) is 4.70. The zero-order valence-corrected chi connectivity index (χ0v) is 21.4. The Morgan fingerprint density at radius 3 is 2.49 bits per heavy atom. The van der Waals surface area contributed by atoms with Crippen LogP contribution in [0.25, 0.3) is 71.7 Å². The maximum absolute atomic E-state index is 4.91. The molecule has 184 valence electrons. The second-order valence-electron chi connectivity index (χ2n) is 10.1. The molecule has 0 amide bonds. The van der Waals surface area contributed by atoms with Crippen molar-refractivity contribution in [2.75, 3.05) is 0 Å². The lowest BCUT2D eigenvalue weighted by Gasteiger charge is -2.11. The van der Waals surface area contributed by atoms with Crippen LogP contribution in [0.5, 0.6) is 0 Å². The molecule has 0 atom stereocenters. The van der Waals surface area contributed by atoms with E-state index >= 15 is 0 Å². The Morgan fingerprint density at radius 1 is 0.692 bits per heavy atom. The molecule has 0 bridgehead atoms. The van der Waals surface area contributed by atoms with Crippen LogP contribution in [0, 0.1) is 6.92 Å². The number of nitrogens with one attached hydrogen (secondary N) is 1. The van der Waals surface area contributed by atoms with E-state index in [-0.39, 0.29) is 0 Å². The van der Waals surface area contributed by atoms with E-state index in [0.717, 1.165) is 38.9 Å². The molecule has 4 heteroatoms. The number of hydrogen-bond donors (Lipinski definition) is 1. The van der Waals surface area contributed by atoms with Gasteiger partial charge in [0, 0.05) is 56.8 Å². The van der Waals surface area contributed by atoms with Crippen molar-refractivity contribution in [1.29, 1.82) is 0 Å². The van der Waals surface area contributed by atoms with Crippen molar-refractivity contribution in [1.82, 2.24) is 19.5 Å². The van der Waals surface area contributed by atoms with Gasteiger partial charge in [0.1, 0.15) is 0 Å². The zero-order chi connectivity index (χ0) is 25.9. The fourth-order valence-electron chi connectivity index (χ4n) is 5.85. The van der Waals surface area contributed by atoms with E-state index in [0.29, 0.717) is 0 Å². The smallest absolute Gasteiger partial charge is 0.161 e. The van der Waals surface area contributed by atoms with Crippen molar-refractivity contribution < 1.29 is 0 Å². The largest absolute Gasteiger partial charge is 0.360 e. The molecule has 0 spiro atoms. The van der Waals surface area contributed by atoms with Crippen LogP contribution < -0.4 is 0 Å². The van der Waals surface area contributed by atoms with E-state index in [9.17, 15) is 0 Å². The van der Waals surface area contributed by atoms with Gasteiger partial charge in [-0.1, -0.05) is 78.9 Å². The van der Waals surface area contributed by atoms with Crippen LogP contribution in [-0.2, 0) is 0 Å². The van der Waals surface area contributed by atoms with Crippen LogP contribution in [0.2, 0.25) is 0 Å². The average molecular weight is 501 g/mol. The highest BCUT2D eigenvalue weighted by atomic mass is 15.0. The maximum Gasteiger partial charge on any atom is 0.161 e. The minimum absolute atomic E-state index is 0.737. The molecule has 0 radical (unpaired) electrons. The van der Waals surface area contributed by atoms with Gasteiger partial charge in [-0.2, -0.15) is 0 Å². The van der Waals surface area contributed by atoms with Crippen LogP contribution >= 0.6 is 0 Å². The quantitative estimate of drug-likeness (QED) is 0.263. The van der Waals surface area contributed by atoms with Crippen LogP contribution in [0.4, 0.5) is 0 Å². The van der Waals surface area contributed by atoms with E-state index in [2.05, 4.69) is 108 Å². The lowest BCUT2D eigenvalue weighted by Crippen LogP contribution is -1.94. The van der Waals surface area contributed by atoms with Gasteiger partial charge < -0.3 is 9.55 Å². The number of para-hydroxylation sites is 3. The Hall–Kier alpha value is -5.22. The summed E-state index contributed by atoms with van der Waals surface area (Å²) in [4.78, 5) is 13.1. The SMILES string of the molecule is Cc1cccc2c(-c3ccc4c(-n5cc(-c6ncc7ccccc7n6)c6ccccc65)cccc4c3)c[nH]c12. The summed E-state index contributed by atoms with van der Waals surface area (Å²) in [5.74, 6) is 0.737. The standard InChI is InChI=1S/C35H24N4/c1-22-8-6-12-28-29(20-36-34(22)28)24-16-17-26-23(18-24)10-7-15-32(26)39-21-30(27-11-3-5-14-33(27)39)35-37-19-25-9-2-4-13-31(25)38-35/h2-21,36H,1H3. The van der Waals surface area contributed by atoms with Gasteiger partial charge in [0.2, 0.25) is 0 Å². The predicted octanol–water partition coefficient (Wildman–Crippen LogP) is 8.85. The van der Waals surface area contributed by atoms with Crippen LogP contribution in [-0.4, -0.2) is 19.5 Å². The number of aromatic amines is 1. The molecular formula is C35H24N4. The predicted molar refractivity (Wildman–Crippen MR) is 161 cm³/mol. The van der Waals surface area contributed by atoms with Gasteiger partial charge in [-0.3, -0.25) is 0 Å². The van der Waals surface area contributed by atoms with Gasteiger partial charge in [-0.05, 0) is 47.7 Å². The number of H-pyrrole nitrogens is 1. The van der Waals surface area contributed by atoms with Gasteiger partial charge in [-0.15, -0.1) is 0 Å². The molecule has 0 fully saturated rings. The molecule has 0 unspecified atom stereocenters. The fourth-order valence-corrected chi connectivity index (χ4v) is 5.85. The normalized spacial score (nSPS) is 11.7. The van der Waals surface area contributed by atoms with Gasteiger partial charge in [0.15, 0.2) is 5.82 Å². The van der Waals surface area contributed by atoms with Gasteiger partial charge >= 0.3 is 0 Å². The first-order valence-electron chi connectivity index (χ1n) is 13.2. The number of nitrogens with zero attached hydrogens (tertiary/aromatic N) is 3. The third-order valence-electron chi connectivity index (χ3n) is 7.79. The van der Waals surface area contributed by atoms with Crippen LogP contribution in [0.1, 0.15) is 5.56 Å². The third-order valence-corrected chi connectivity index (χ3v) is 7.79. The van der Waals surface area contributed by atoms with E-state index in [1.54, 1.807) is 0 Å². The molecule has 3 aromatic heterocycles. The fraction of sp³-hybridized carbons (Fsp3) is 0.0286. The Labute approximate surface area is 225 Å². The molecule has 0 aliphatic rings. The number of hydrogen-bond acceptors (Lipinski definition) is 2. The average Bonchev–Trinajstić information content (AvgIpc) is 3.59. The van der Waals surface area contributed by atoms with Crippen molar-refractivity contribution in [3.05, 3.63) is 127 Å². The lowest BCUT2D eigenvalue weighted by molar-refractivity contribution is 1.14. The van der Waals surface area contributed by atoms with Gasteiger partial charge in [0.25, 0.3) is 0 Å². The molecule has 39 heavy (non-hydrogen) atoms. The molecule has 3 heterocycles. The molecule has 4 nitrogen and oxygen atoms in total. The molecule has 0 saturated heterocycles. The summed E-state index contributed by atoms with van der Waals surface area (Å²) in [5, 5.41) is 5.83. The molecule has 0 aliphatic heterocycles. The molecule has 0 saturated carbocycles. The van der Waals surface area contributed by atoms with Gasteiger partial charge in [0.05, 0.1) is 16.7 Å². The highest BCUT2D eigenvalue weighted by molar-refractivity contribution is 6.02. The monoisotopic (exact) mass is 500 g/mol. The van der Waals surface area contributed by atoms with E-state index in [1.807, 2.05) is 30.5 Å². The number of aryl methyl sites for hydroxylation is 1. The molecule has 1 N–H and O–H groups in total. The minimum Gasteiger partial charge on any atom is -0.360 e. The summed E-state index contributed by atoms with van der Waals surface area (Å²) in [7, 11) is 0. The third kappa shape index (κ3) is 3.39. The van der Waals surface area contributed by atoms with Crippen molar-refractivity contribution in [3.8, 4) is 28.2 Å². The molecule has 5 aromatic carbocycles. The van der Waals surface area contributed by atoms with Crippen molar-refractivity contribution in [2.45, 2.75) is 6.92 Å². The summed E-state index contributed by atoms with van der Waals surface area (Å²) < 4.78 is 2.28. The first-order valence-corrected chi connectivity index (χ1v) is 13.2. The molecule has 0 aliphatic carbocycles. The summed E-state index contributed by atoms with van der Waals surface area (Å²) in [6.45, 7) is 2.15. The van der Waals surface area contributed by atoms with Crippen LogP contribution in [0.3, 0.4) is 0 Å². The summed E-state index contributed by atoms with van der Waals surface area (Å²) in [5.41, 5.74) is 9.13. The second-order valence-corrected chi connectivity index (χ2v) is 10.1. The van der Waals surface area contributed by atoms with E-state index in [4.69, 9.17) is 9.97 Å². The number of aromatic nitrogens is 4. The number of benzene rings is 5. The Morgan fingerprint density at radius 2 is 1.51 bits per heavy atom. The van der Waals surface area contributed by atoms with Gasteiger partial charge in [-0.25, -0.2) is 9.97 Å². The van der Waals surface area contributed by atoms with E-state index in [1.165, 1.54) is 38.4 Å². The first-order chi connectivity index (χ1) is 19.2. The summed E-state index contributed by atoms with van der Waals surface area (Å²) >= 11 is 0. The van der Waals surface area contributed by atoms with Crippen molar-refractivity contribution in [3.63, 3.8) is 0 Å². The molecular weight excluding hydrogens is 476 g/mol. The Balaban J connectivity index is 1.31. The number of rotatable bonds is 3. The lowest BCUT2D eigenvalue weighted by atomic mass is 9.99. The topological polar surface area (TPSA) is 46.5 Å². The van der Waals surface area contributed by atoms with Crippen molar-refractivity contribution >= 4 is 43.5 Å². The van der Waals surface area contributed by atoms with E-state index < -0.39 is 0 Å². The second kappa shape index (κ2) is 8.40. The minimum atomic E-state index is 0.737. The summed E-state index contributed by atoms with van der Waals surface area (Å²) in [6, 6.07) is 36.4. The highest BCUT2D eigenvalue weighted by Crippen LogP contribution is 2.36. The number of fused-ring (bicyclic) bond motifs is 4. The Bertz CT molecular complexity index is 2200. The summed E-state index contributed by atoms with van der Waals surface area (Å²) in [6.07, 6.45) is 6.22. The first kappa shape index (κ1) is 21.8. The zero-order valence-electron chi connectivity index (χ0n) is 21.4. The van der Waals surface area contributed by atoms with Crippen LogP contribution in [0.15, 0.2) is 122 Å². The molecule has 8 aromatic rings. The van der Waals surface area contributed by atoms with Crippen molar-refractivity contribution in [2.24, 2.45) is 0 Å². The molecule has 8 rings (SSSR count).